The van der Waals surface area contributed by atoms with E-state index >= 15 is 0 Å². The molecule has 4 N–H and O–H groups in total. The maximum atomic E-state index is 13.3. The lowest BCUT2D eigenvalue weighted by atomic mass is 9.82. The molecule has 0 bridgehead atoms. The second-order valence-corrected chi connectivity index (χ2v) is 7.64. The van der Waals surface area contributed by atoms with Gasteiger partial charge in [-0.3, -0.25) is 19.2 Å². The Hall–Kier alpha value is -3.68. The minimum absolute atomic E-state index is 0.0843. The molecule has 0 unspecified atom stereocenters. The Morgan fingerprint density at radius 2 is 1.06 bits per heavy atom. The van der Waals surface area contributed by atoms with Crippen molar-refractivity contribution in [2.75, 3.05) is 36.8 Å². The van der Waals surface area contributed by atoms with Crippen LogP contribution in [0.4, 0.5) is 11.4 Å². The van der Waals surface area contributed by atoms with Gasteiger partial charge in [0.05, 0.1) is 11.1 Å². The first-order chi connectivity index (χ1) is 15.4. The molecule has 0 aliphatic heterocycles. The predicted molar refractivity (Wildman–Crippen MR) is 123 cm³/mol. The van der Waals surface area contributed by atoms with E-state index in [1.165, 1.54) is 13.8 Å². The number of ketones is 2. The van der Waals surface area contributed by atoms with Crippen LogP contribution in [0.2, 0.25) is 0 Å². The van der Waals surface area contributed by atoms with Crippen molar-refractivity contribution in [2.45, 2.75) is 26.7 Å². The third kappa shape index (κ3) is 5.32. The topological polar surface area (TPSA) is 116 Å². The van der Waals surface area contributed by atoms with Crippen LogP contribution < -0.4 is 21.3 Å². The van der Waals surface area contributed by atoms with E-state index in [1.54, 1.807) is 36.4 Å². The van der Waals surface area contributed by atoms with Crippen molar-refractivity contribution in [1.82, 2.24) is 10.6 Å². The molecule has 0 saturated carbocycles. The Morgan fingerprint density at radius 1 is 0.656 bits per heavy atom. The molecule has 1 aliphatic rings. The number of hydrogen-bond donors (Lipinski definition) is 4. The van der Waals surface area contributed by atoms with Gasteiger partial charge in [0.1, 0.15) is 0 Å². The van der Waals surface area contributed by atoms with Gasteiger partial charge in [0, 0.05) is 62.5 Å². The Bertz CT molecular complexity index is 965. The lowest BCUT2D eigenvalue weighted by molar-refractivity contribution is -0.119. The Labute approximate surface area is 187 Å². The first-order valence-corrected chi connectivity index (χ1v) is 10.7. The van der Waals surface area contributed by atoms with Gasteiger partial charge < -0.3 is 21.3 Å². The maximum Gasteiger partial charge on any atom is 0.216 e. The van der Waals surface area contributed by atoms with E-state index in [1.807, 2.05) is 0 Å². The molecule has 2 amide bonds. The SMILES string of the molecule is CC(=O)NCCCNc1cccc2c1C(=O)c1cccc(NCCCNC(C)=O)c1C2=O. The molecular formula is C24H28N4O4. The van der Waals surface area contributed by atoms with Crippen LogP contribution in [0.5, 0.6) is 0 Å². The van der Waals surface area contributed by atoms with Crippen LogP contribution in [-0.2, 0) is 9.59 Å². The Balaban J connectivity index is 1.76. The summed E-state index contributed by atoms with van der Waals surface area (Å²) in [5, 5.41) is 11.9. The summed E-state index contributed by atoms with van der Waals surface area (Å²) >= 11 is 0. The van der Waals surface area contributed by atoms with E-state index in [4.69, 9.17) is 0 Å². The lowest BCUT2D eigenvalue weighted by Crippen LogP contribution is -2.26. The highest BCUT2D eigenvalue weighted by Gasteiger charge is 2.33. The minimum atomic E-state index is -0.193. The summed E-state index contributed by atoms with van der Waals surface area (Å²) in [7, 11) is 0. The second kappa shape index (κ2) is 10.6. The molecule has 32 heavy (non-hydrogen) atoms. The number of benzene rings is 2. The average Bonchev–Trinajstić information content (AvgIpc) is 2.76. The molecule has 0 saturated heterocycles. The molecule has 0 radical (unpaired) electrons. The number of rotatable bonds is 10. The van der Waals surface area contributed by atoms with Crippen LogP contribution >= 0.6 is 0 Å². The monoisotopic (exact) mass is 436 g/mol. The van der Waals surface area contributed by atoms with Crippen LogP contribution in [0.3, 0.4) is 0 Å². The molecule has 0 heterocycles. The zero-order valence-electron chi connectivity index (χ0n) is 18.3. The van der Waals surface area contributed by atoms with Gasteiger partial charge in [-0.25, -0.2) is 0 Å². The zero-order valence-corrected chi connectivity index (χ0v) is 18.3. The largest absolute Gasteiger partial charge is 0.384 e. The van der Waals surface area contributed by atoms with Crippen LogP contribution in [0, 0.1) is 0 Å². The van der Waals surface area contributed by atoms with Gasteiger partial charge in [0.2, 0.25) is 11.8 Å². The van der Waals surface area contributed by atoms with E-state index in [9.17, 15) is 19.2 Å². The highest BCUT2D eigenvalue weighted by Crippen LogP contribution is 2.35. The molecule has 3 rings (SSSR count). The highest BCUT2D eigenvalue weighted by atomic mass is 16.2. The van der Waals surface area contributed by atoms with Gasteiger partial charge in [0.15, 0.2) is 11.6 Å². The van der Waals surface area contributed by atoms with Gasteiger partial charge in [-0.1, -0.05) is 24.3 Å². The fourth-order valence-electron chi connectivity index (χ4n) is 3.69. The molecule has 0 spiro atoms. The summed E-state index contributed by atoms with van der Waals surface area (Å²) < 4.78 is 0. The summed E-state index contributed by atoms with van der Waals surface area (Å²) in [6.07, 6.45) is 1.38. The summed E-state index contributed by atoms with van der Waals surface area (Å²) in [4.78, 5) is 48.6. The normalized spacial score (nSPS) is 11.9. The summed E-state index contributed by atoms with van der Waals surface area (Å²) in [5.41, 5.74) is 2.74. The first-order valence-electron chi connectivity index (χ1n) is 10.7. The number of carbonyl (C=O) groups is 4. The third-order valence-electron chi connectivity index (χ3n) is 5.16. The van der Waals surface area contributed by atoms with E-state index in [-0.39, 0.29) is 23.4 Å². The molecule has 2 aromatic rings. The molecule has 2 aromatic carbocycles. The van der Waals surface area contributed by atoms with E-state index in [0.717, 1.165) is 0 Å². The van der Waals surface area contributed by atoms with Crippen LogP contribution in [0.25, 0.3) is 0 Å². The second-order valence-electron chi connectivity index (χ2n) is 7.64. The molecule has 1 aliphatic carbocycles. The summed E-state index contributed by atoms with van der Waals surface area (Å²) in [6.45, 7) is 5.11. The van der Waals surface area contributed by atoms with Gasteiger partial charge in [-0.05, 0) is 25.0 Å². The number of amides is 2. The molecule has 0 fully saturated rings. The third-order valence-corrected chi connectivity index (χ3v) is 5.16. The quantitative estimate of drug-likeness (QED) is 0.363. The molecule has 0 aromatic heterocycles. The summed E-state index contributed by atoms with van der Waals surface area (Å²) in [5.74, 6) is -0.555. The van der Waals surface area contributed by atoms with Crippen molar-refractivity contribution in [3.8, 4) is 0 Å². The van der Waals surface area contributed by atoms with Crippen molar-refractivity contribution < 1.29 is 19.2 Å². The minimum Gasteiger partial charge on any atom is -0.384 e. The van der Waals surface area contributed by atoms with Crippen LogP contribution in [-0.4, -0.2) is 49.6 Å². The van der Waals surface area contributed by atoms with Crippen molar-refractivity contribution in [1.29, 1.82) is 0 Å². The fraction of sp³-hybridized carbons (Fsp3) is 0.333. The molecule has 168 valence electrons. The Kier molecular flexibility index (Phi) is 7.59. The van der Waals surface area contributed by atoms with E-state index < -0.39 is 0 Å². The zero-order chi connectivity index (χ0) is 23.1. The standard InChI is InChI=1S/C24H28N4O4/c1-15(29)25-11-5-13-27-19-9-3-7-17-21(19)23(31)18-8-4-10-20(22(18)24(17)32)28-14-6-12-26-16(2)30/h3-4,7-10,27-28H,5-6,11-14H2,1-2H3,(H,25,29)(H,26,30). The number of fused-ring (bicyclic) bond motifs is 2. The van der Waals surface area contributed by atoms with Gasteiger partial charge >= 0.3 is 0 Å². The maximum absolute atomic E-state index is 13.3. The predicted octanol–water partition coefficient (Wildman–Crippen LogP) is 2.34. The highest BCUT2D eigenvalue weighted by molar-refractivity contribution is 6.31. The van der Waals surface area contributed by atoms with Gasteiger partial charge in [-0.15, -0.1) is 0 Å². The first kappa shape index (κ1) is 23.0. The van der Waals surface area contributed by atoms with Gasteiger partial charge in [0.25, 0.3) is 0 Å². The Morgan fingerprint density at radius 3 is 1.44 bits per heavy atom. The number of anilines is 2. The average molecular weight is 437 g/mol. The molecule has 8 heteroatoms. The smallest absolute Gasteiger partial charge is 0.216 e. The van der Waals surface area contributed by atoms with Crippen molar-refractivity contribution in [2.24, 2.45) is 0 Å². The lowest BCUT2D eigenvalue weighted by Gasteiger charge is -2.23. The van der Waals surface area contributed by atoms with Gasteiger partial charge in [-0.2, -0.15) is 0 Å². The summed E-state index contributed by atoms with van der Waals surface area (Å²) in [6, 6.07) is 10.4. The van der Waals surface area contributed by atoms with Crippen molar-refractivity contribution in [3.05, 3.63) is 58.7 Å². The number of carbonyl (C=O) groups excluding carboxylic acids is 4. The molecule has 0 atom stereocenters. The number of hydrogen-bond acceptors (Lipinski definition) is 6. The fourth-order valence-corrected chi connectivity index (χ4v) is 3.69. The van der Waals surface area contributed by atoms with E-state index in [2.05, 4.69) is 21.3 Å². The van der Waals surface area contributed by atoms with Crippen LogP contribution in [0.1, 0.15) is 58.5 Å². The van der Waals surface area contributed by atoms with Crippen molar-refractivity contribution >= 4 is 34.8 Å². The van der Waals surface area contributed by atoms with E-state index in [0.29, 0.717) is 72.6 Å². The van der Waals surface area contributed by atoms with Crippen molar-refractivity contribution in [3.63, 3.8) is 0 Å². The molecular weight excluding hydrogens is 408 g/mol. The van der Waals surface area contributed by atoms with Crippen LogP contribution in [0.15, 0.2) is 36.4 Å². The number of nitrogens with one attached hydrogen (secondary N) is 4. The molecule has 8 nitrogen and oxygen atoms in total.